The van der Waals surface area contributed by atoms with Gasteiger partial charge >= 0.3 is 12.1 Å². The molecule has 0 fully saturated rings. The van der Waals surface area contributed by atoms with Crippen molar-refractivity contribution < 1.29 is 24.0 Å². The quantitative estimate of drug-likeness (QED) is 0.408. The predicted octanol–water partition coefficient (Wildman–Crippen LogP) is 4.25. The van der Waals surface area contributed by atoms with Gasteiger partial charge in [0.2, 0.25) is 0 Å². The summed E-state index contributed by atoms with van der Waals surface area (Å²) in [5, 5.41) is 11.1. The normalized spacial score (nSPS) is 12.0. The number of methoxy groups -OCH3 is 1. The Bertz CT molecular complexity index is 876. The Morgan fingerprint density at radius 1 is 1.10 bits per heavy atom. The number of esters is 1. The minimum atomic E-state index is -1.07. The maximum atomic E-state index is 13.0. The highest BCUT2D eigenvalue weighted by Crippen LogP contribution is 2.27. The van der Waals surface area contributed by atoms with Gasteiger partial charge in [0.1, 0.15) is 5.60 Å². The molecule has 0 saturated carbocycles. The molecule has 29 heavy (non-hydrogen) atoms. The summed E-state index contributed by atoms with van der Waals surface area (Å²) >= 11 is 0. The highest BCUT2D eigenvalue weighted by Gasteiger charge is 2.35. The number of carbonyl (C=O) groups is 2. The van der Waals surface area contributed by atoms with Crippen molar-refractivity contribution in [3.8, 4) is 0 Å². The van der Waals surface area contributed by atoms with Gasteiger partial charge in [-0.1, -0.05) is 42.5 Å². The number of non-ortho nitro benzene ring substituents is 1. The molecular formula is C21H24N2O6. The van der Waals surface area contributed by atoms with Gasteiger partial charge in [-0.05, 0) is 31.9 Å². The van der Waals surface area contributed by atoms with E-state index in [4.69, 9.17) is 9.47 Å². The Hall–Kier alpha value is -3.42. The van der Waals surface area contributed by atoms with Gasteiger partial charge in [-0.15, -0.1) is 0 Å². The van der Waals surface area contributed by atoms with Crippen molar-refractivity contribution in [3.63, 3.8) is 0 Å². The fraction of sp³-hybridized carbons (Fsp3) is 0.333. The van der Waals surface area contributed by atoms with Crippen molar-refractivity contribution >= 4 is 17.7 Å². The standard InChI is InChI=1S/C21H24N2O6/c1-21(2,3)29-20(25)22(14-15-9-8-12-17(13-15)23(26)27)18(19(24)28-4)16-10-6-5-7-11-16/h5-13,18H,14H2,1-4H3/t18-/m0/s1. The smallest absolute Gasteiger partial charge is 0.411 e. The molecule has 0 radical (unpaired) electrons. The van der Waals surface area contributed by atoms with Crippen LogP contribution >= 0.6 is 0 Å². The highest BCUT2D eigenvalue weighted by atomic mass is 16.6. The van der Waals surface area contributed by atoms with Crippen LogP contribution in [0.2, 0.25) is 0 Å². The zero-order valence-corrected chi connectivity index (χ0v) is 16.8. The van der Waals surface area contributed by atoms with Crippen molar-refractivity contribution in [3.05, 3.63) is 75.8 Å². The maximum Gasteiger partial charge on any atom is 0.411 e. The van der Waals surface area contributed by atoms with Crippen LogP contribution in [0.25, 0.3) is 0 Å². The average Bonchev–Trinajstić information content (AvgIpc) is 2.67. The van der Waals surface area contributed by atoms with E-state index in [1.165, 1.54) is 30.2 Å². The topological polar surface area (TPSA) is 99.0 Å². The van der Waals surface area contributed by atoms with Crippen molar-refractivity contribution in [1.29, 1.82) is 0 Å². The van der Waals surface area contributed by atoms with Crippen LogP contribution in [0, 0.1) is 10.1 Å². The number of amides is 1. The first-order chi connectivity index (χ1) is 13.6. The molecule has 0 bridgehead atoms. The van der Waals surface area contributed by atoms with E-state index in [9.17, 15) is 19.7 Å². The third kappa shape index (κ3) is 6.03. The predicted molar refractivity (Wildman–Crippen MR) is 106 cm³/mol. The van der Waals surface area contributed by atoms with Crippen LogP contribution in [0.4, 0.5) is 10.5 Å². The molecule has 0 spiro atoms. The second-order valence-electron chi connectivity index (χ2n) is 7.37. The van der Waals surface area contributed by atoms with Crippen LogP contribution in [0.3, 0.4) is 0 Å². The van der Waals surface area contributed by atoms with Crippen LogP contribution in [0.1, 0.15) is 37.9 Å². The first-order valence-corrected chi connectivity index (χ1v) is 8.98. The number of nitro benzene ring substituents is 1. The maximum absolute atomic E-state index is 13.0. The van der Waals surface area contributed by atoms with E-state index in [1.54, 1.807) is 57.2 Å². The molecule has 0 aliphatic carbocycles. The summed E-state index contributed by atoms with van der Waals surface area (Å²) in [6.07, 6.45) is -0.733. The van der Waals surface area contributed by atoms with E-state index in [2.05, 4.69) is 0 Å². The molecule has 0 unspecified atom stereocenters. The van der Waals surface area contributed by atoms with Crippen LogP contribution < -0.4 is 0 Å². The third-order valence-corrected chi connectivity index (χ3v) is 3.95. The molecule has 0 aromatic heterocycles. The molecule has 2 aromatic carbocycles. The van der Waals surface area contributed by atoms with Crippen LogP contribution in [0.15, 0.2) is 54.6 Å². The van der Waals surface area contributed by atoms with Gasteiger partial charge in [-0.3, -0.25) is 15.0 Å². The van der Waals surface area contributed by atoms with E-state index >= 15 is 0 Å². The summed E-state index contributed by atoms with van der Waals surface area (Å²) in [6.45, 7) is 5.07. The Morgan fingerprint density at radius 2 is 1.76 bits per heavy atom. The Kier molecular flexibility index (Phi) is 6.93. The molecule has 0 saturated heterocycles. The van der Waals surface area contributed by atoms with E-state index in [0.717, 1.165) is 0 Å². The van der Waals surface area contributed by atoms with E-state index in [0.29, 0.717) is 11.1 Å². The molecule has 8 heteroatoms. The van der Waals surface area contributed by atoms with Crippen LogP contribution in [0.5, 0.6) is 0 Å². The van der Waals surface area contributed by atoms with Gasteiger partial charge in [-0.2, -0.15) is 0 Å². The first kappa shape index (κ1) is 21.9. The van der Waals surface area contributed by atoms with Crippen molar-refractivity contribution in [2.45, 2.75) is 39.0 Å². The van der Waals surface area contributed by atoms with Crippen LogP contribution in [-0.4, -0.2) is 34.6 Å². The number of ether oxygens (including phenoxy) is 2. The molecule has 1 atom stereocenters. The summed E-state index contributed by atoms with van der Waals surface area (Å²) in [4.78, 5) is 37.4. The Morgan fingerprint density at radius 3 is 2.31 bits per heavy atom. The second kappa shape index (κ2) is 9.18. The SMILES string of the molecule is COC(=O)[C@H](c1ccccc1)N(Cc1cccc([N+](=O)[O-])c1)C(=O)OC(C)(C)C. The fourth-order valence-electron chi connectivity index (χ4n) is 2.74. The molecule has 0 aliphatic rings. The minimum absolute atomic E-state index is 0.0781. The molecule has 0 heterocycles. The molecule has 1 amide bonds. The van der Waals surface area contributed by atoms with Crippen molar-refractivity contribution in [2.24, 2.45) is 0 Å². The Balaban J connectivity index is 2.50. The number of hydrogen-bond donors (Lipinski definition) is 0. The fourth-order valence-corrected chi connectivity index (χ4v) is 2.74. The number of carbonyl (C=O) groups excluding carboxylic acids is 2. The van der Waals surface area contributed by atoms with Gasteiger partial charge in [0.15, 0.2) is 6.04 Å². The summed E-state index contributed by atoms with van der Waals surface area (Å²) in [6, 6.07) is 13.5. The lowest BCUT2D eigenvalue weighted by Gasteiger charge is -2.32. The monoisotopic (exact) mass is 400 g/mol. The number of rotatable bonds is 6. The summed E-state index contributed by atoms with van der Waals surface area (Å²) in [5.41, 5.74) is 0.113. The van der Waals surface area contributed by atoms with Gasteiger partial charge in [0.05, 0.1) is 18.6 Å². The average molecular weight is 400 g/mol. The van der Waals surface area contributed by atoms with Gasteiger partial charge < -0.3 is 9.47 Å². The molecule has 0 N–H and O–H groups in total. The van der Waals surface area contributed by atoms with Crippen molar-refractivity contribution in [1.82, 2.24) is 4.90 Å². The van der Waals surface area contributed by atoms with Gasteiger partial charge in [0.25, 0.3) is 5.69 Å². The largest absolute Gasteiger partial charge is 0.467 e. The van der Waals surface area contributed by atoms with Gasteiger partial charge in [0, 0.05) is 12.1 Å². The zero-order chi connectivity index (χ0) is 21.6. The van der Waals surface area contributed by atoms with E-state index < -0.39 is 28.6 Å². The second-order valence-corrected chi connectivity index (χ2v) is 7.37. The third-order valence-electron chi connectivity index (χ3n) is 3.95. The number of benzene rings is 2. The first-order valence-electron chi connectivity index (χ1n) is 8.98. The molecule has 2 rings (SSSR count). The molecular weight excluding hydrogens is 376 g/mol. The van der Waals surface area contributed by atoms with E-state index in [1.807, 2.05) is 0 Å². The lowest BCUT2D eigenvalue weighted by molar-refractivity contribution is -0.384. The number of nitrogens with zero attached hydrogens (tertiary/aromatic N) is 2. The highest BCUT2D eigenvalue weighted by molar-refractivity contribution is 5.83. The molecule has 2 aromatic rings. The molecule has 154 valence electrons. The van der Waals surface area contributed by atoms with Crippen LogP contribution in [-0.2, 0) is 20.8 Å². The summed E-state index contributed by atoms with van der Waals surface area (Å²) in [7, 11) is 1.24. The number of hydrogen-bond acceptors (Lipinski definition) is 6. The van der Waals surface area contributed by atoms with Gasteiger partial charge in [-0.25, -0.2) is 9.59 Å². The van der Waals surface area contributed by atoms with E-state index in [-0.39, 0.29) is 12.2 Å². The summed E-state index contributed by atoms with van der Waals surface area (Å²) in [5.74, 6) is -0.646. The number of nitro groups is 1. The minimum Gasteiger partial charge on any atom is -0.467 e. The lowest BCUT2D eigenvalue weighted by Crippen LogP contribution is -2.42. The summed E-state index contributed by atoms with van der Waals surface area (Å²) < 4.78 is 10.4. The lowest BCUT2D eigenvalue weighted by atomic mass is 10.0. The molecule has 8 nitrogen and oxygen atoms in total. The zero-order valence-electron chi connectivity index (χ0n) is 16.8. The Labute approximate surface area is 169 Å². The molecule has 0 aliphatic heterocycles. The van der Waals surface area contributed by atoms with Crippen molar-refractivity contribution in [2.75, 3.05) is 7.11 Å².